The zero-order valence-corrected chi connectivity index (χ0v) is 9.23. The number of hydrogen-bond acceptors (Lipinski definition) is 2. The highest BCUT2D eigenvalue weighted by Crippen LogP contribution is 1.82. The lowest BCUT2D eigenvalue weighted by Crippen LogP contribution is -2.17. The van der Waals surface area contributed by atoms with Crippen LogP contribution in [0.2, 0.25) is 0 Å². The van der Waals surface area contributed by atoms with Gasteiger partial charge in [0.2, 0.25) is 11.8 Å². The topological polar surface area (TPSA) is 58.2 Å². The highest BCUT2D eigenvalue weighted by Gasteiger charge is 1.93. The summed E-state index contributed by atoms with van der Waals surface area (Å²) in [6.45, 7) is 10.2. The first-order chi connectivity index (χ1) is 6.36. The summed E-state index contributed by atoms with van der Waals surface area (Å²) in [4.78, 5) is 20.6. The molecular formula is C10H18N2O2. The van der Waals surface area contributed by atoms with E-state index in [-0.39, 0.29) is 11.8 Å². The van der Waals surface area contributed by atoms with Gasteiger partial charge in [-0.2, -0.15) is 0 Å². The van der Waals surface area contributed by atoms with Gasteiger partial charge in [0.1, 0.15) is 0 Å². The van der Waals surface area contributed by atoms with Crippen LogP contribution in [0.5, 0.6) is 0 Å². The smallest absolute Gasteiger partial charge is 0.246 e. The Morgan fingerprint density at radius 1 is 0.857 bits per heavy atom. The standard InChI is InChI=1S/2C5H9NO/c2*1-4(2)5(7)6-3/h2*1H2,2-3H3,(H,6,7). The van der Waals surface area contributed by atoms with E-state index in [9.17, 15) is 9.59 Å². The molecule has 0 saturated carbocycles. The van der Waals surface area contributed by atoms with E-state index in [1.54, 1.807) is 27.9 Å². The van der Waals surface area contributed by atoms with Crippen molar-refractivity contribution in [3.8, 4) is 0 Å². The average molecular weight is 198 g/mol. The first kappa shape index (κ1) is 14.9. The van der Waals surface area contributed by atoms with Crippen molar-refractivity contribution in [1.82, 2.24) is 10.6 Å². The second-order valence-electron chi connectivity index (χ2n) is 2.72. The molecule has 2 N–H and O–H groups in total. The Morgan fingerprint density at radius 2 is 1.07 bits per heavy atom. The molecule has 0 aliphatic heterocycles. The van der Waals surface area contributed by atoms with E-state index in [0.29, 0.717) is 11.1 Å². The van der Waals surface area contributed by atoms with E-state index in [1.807, 2.05) is 0 Å². The maximum Gasteiger partial charge on any atom is 0.246 e. The van der Waals surface area contributed by atoms with Gasteiger partial charge in [0.25, 0.3) is 0 Å². The molecule has 0 aliphatic rings. The third-order valence-electron chi connectivity index (χ3n) is 1.23. The number of likely N-dealkylation sites (N-methyl/N-ethyl adjacent to an activating group) is 2. The first-order valence-electron chi connectivity index (χ1n) is 4.12. The maximum atomic E-state index is 10.3. The van der Waals surface area contributed by atoms with Crippen molar-refractivity contribution in [3.05, 3.63) is 24.3 Å². The molecule has 0 fully saturated rings. The number of amides is 2. The zero-order valence-electron chi connectivity index (χ0n) is 9.23. The Labute approximate surface area is 85.1 Å². The van der Waals surface area contributed by atoms with Crippen LogP contribution in [-0.2, 0) is 9.59 Å². The van der Waals surface area contributed by atoms with E-state index in [2.05, 4.69) is 23.8 Å². The van der Waals surface area contributed by atoms with Crippen molar-refractivity contribution >= 4 is 11.8 Å². The molecule has 0 aromatic heterocycles. The minimum Gasteiger partial charge on any atom is -0.355 e. The highest BCUT2D eigenvalue weighted by atomic mass is 16.2. The van der Waals surface area contributed by atoms with Crippen LogP contribution in [0.1, 0.15) is 13.8 Å². The summed E-state index contributed by atoms with van der Waals surface area (Å²) < 4.78 is 0. The zero-order chi connectivity index (χ0) is 11.7. The second kappa shape index (κ2) is 8.04. The van der Waals surface area contributed by atoms with Crippen LogP contribution in [-0.4, -0.2) is 25.9 Å². The lowest BCUT2D eigenvalue weighted by Gasteiger charge is -1.91. The van der Waals surface area contributed by atoms with Crippen LogP contribution < -0.4 is 10.6 Å². The Bertz CT molecular complexity index is 219. The molecule has 4 heteroatoms. The SMILES string of the molecule is C=C(C)C(=O)NC.C=C(C)C(=O)NC. The van der Waals surface area contributed by atoms with Crippen LogP contribution in [0, 0.1) is 0 Å². The van der Waals surface area contributed by atoms with E-state index in [1.165, 1.54) is 0 Å². The molecule has 0 atom stereocenters. The molecule has 80 valence electrons. The van der Waals surface area contributed by atoms with E-state index in [4.69, 9.17) is 0 Å². The summed E-state index contributed by atoms with van der Waals surface area (Å²) in [5.41, 5.74) is 1.09. The molecule has 0 heterocycles. The quantitative estimate of drug-likeness (QED) is 0.639. The van der Waals surface area contributed by atoms with Gasteiger partial charge in [0.05, 0.1) is 0 Å². The molecule has 0 aromatic rings. The Kier molecular flexibility index (Phi) is 8.57. The van der Waals surface area contributed by atoms with Crippen LogP contribution in [0.3, 0.4) is 0 Å². The van der Waals surface area contributed by atoms with Gasteiger partial charge in [-0.25, -0.2) is 0 Å². The van der Waals surface area contributed by atoms with Crippen molar-refractivity contribution < 1.29 is 9.59 Å². The normalized spacial score (nSPS) is 7.71. The number of rotatable bonds is 2. The predicted octanol–water partition coefficient (Wildman–Crippen LogP) is 0.617. The van der Waals surface area contributed by atoms with Crippen molar-refractivity contribution in [3.63, 3.8) is 0 Å². The Balaban J connectivity index is 0. The summed E-state index contributed by atoms with van der Waals surface area (Å²) in [6, 6.07) is 0. The van der Waals surface area contributed by atoms with Crippen molar-refractivity contribution in [2.24, 2.45) is 0 Å². The highest BCUT2D eigenvalue weighted by molar-refractivity contribution is 5.92. The van der Waals surface area contributed by atoms with E-state index >= 15 is 0 Å². The monoisotopic (exact) mass is 198 g/mol. The molecule has 0 bridgehead atoms. The minimum atomic E-state index is -0.0972. The third-order valence-corrected chi connectivity index (χ3v) is 1.23. The average Bonchev–Trinajstić information content (AvgIpc) is 2.15. The van der Waals surface area contributed by atoms with E-state index < -0.39 is 0 Å². The van der Waals surface area contributed by atoms with Gasteiger partial charge in [-0.1, -0.05) is 13.2 Å². The summed E-state index contributed by atoms with van der Waals surface area (Å²) in [7, 11) is 3.16. The summed E-state index contributed by atoms with van der Waals surface area (Å²) >= 11 is 0. The fraction of sp³-hybridized carbons (Fsp3) is 0.400. The molecule has 2 amide bonds. The lowest BCUT2D eigenvalue weighted by molar-refractivity contribution is -0.117. The number of hydrogen-bond donors (Lipinski definition) is 2. The molecule has 0 rings (SSSR count). The van der Waals surface area contributed by atoms with Gasteiger partial charge < -0.3 is 10.6 Å². The predicted molar refractivity (Wildman–Crippen MR) is 57.8 cm³/mol. The van der Waals surface area contributed by atoms with Crippen molar-refractivity contribution in [2.45, 2.75) is 13.8 Å². The van der Waals surface area contributed by atoms with Gasteiger partial charge in [-0.15, -0.1) is 0 Å². The molecule has 0 aliphatic carbocycles. The van der Waals surface area contributed by atoms with Crippen molar-refractivity contribution in [2.75, 3.05) is 14.1 Å². The van der Waals surface area contributed by atoms with Gasteiger partial charge in [-0.3, -0.25) is 9.59 Å². The summed E-state index contributed by atoms with van der Waals surface area (Å²) in [5, 5.41) is 4.85. The number of carbonyl (C=O) groups is 2. The fourth-order valence-electron chi connectivity index (χ4n) is 0.427. The van der Waals surface area contributed by atoms with Gasteiger partial charge in [-0.05, 0) is 13.8 Å². The molecule has 0 unspecified atom stereocenters. The molecule has 4 nitrogen and oxygen atoms in total. The lowest BCUT2D eigenvalue weighted by atomic mass is 10.3. The van der Waals surface area contributed by atoms with E-state index in [0.717, 1.165) is 0 Å². The molecule has 14 heavy (non-hydrogen) atoms. The fourth-order valence-corrected chi connectivity index (χ4v) is 0.427. The summed E-state index contributed by atoms with van der Waals surface area (Å²) in [6.07, 6.45) is 0. The minimum absolute atomic E-state index is 0.0972. The third kappa shape index (κ3) is 8.52. The van der Waals surface area contributed by atoms with Crippen LogP contribution in [0.25, 0.3) is 0 Å². The molecule has 0 radical (unpaired) electrons. The second-order valence-corrected chi connectivity index (χ2v) is 2.72. The van der Waals surface area contributed by atoms with Crippen LogP contribution in [0.4, 0.5) is 0 Å². The van der Waals surface area contributed by atoms with Gasteiger partial charge in [0.15, 0.2) is 0 Å². The largest absolute Gasteiger partial charge is 0.355 e. The molecule has 0 aromatic carbocycles. The number of carbonyl (C=O) groups excluding carboxylic acids is 2. The Hall–Kier alpha value is -1.58. The van der Waals surface area contributed by atoms with Crippen molar-refractivity contribution in [1.29, 1.82) is 0 Å². The Morgan fingerprint density at radius 3 is 1.07 bits per heavy atom. The van der Waals surface area contributed by atoms with Gasteiger partial charge in [0, 0.05) is 25.2 Å². The first-order valence-corrected chi connectivity index (χ1v) is 4.12. The van der Waals surface area contributed by atoms with Crippen LogP contribution >= 0.6 is 0 Å². The molecule has 0 spiro atoms. The number of nitrogens with one attached hydrogen (secondary N) is 2. The summed E-state index contributed by atoms with van der Waals surface area (Å²) in [5.74, 6) is -0.194. The van der Waals surface area contributed by atoms with Gasteiger partial charge >= 0.3 is 0 Å². The maximum absolute atomic E-state index is 10.3. The van der Waals surface area contributed by atoms with Crippen LogP contribution in [0.15, 0.2) is 24.3 Å². The molecular weight excluding hydrogens is 180 g/mol. The molecule has 0 saturated heterocycles.